The summed E-state index contributed by atoms with van der Waals surface area (Å²) in [7, 11) is 0. The molecule has 14 heavy (non-hydrogen) atoms. The maximum absolute atomic E-state index is 4.31. The van der Waals surface area contributed by atoms with Crippen LogP contribution in [0.25, 0.3) is 0 Å². The number of nitrogens with zero attached hydrogens (tertiary/aromatic N) is 2. The number of aryl methyl sites for hydroxylation is 2. The third kappa shape index (κ3) is 3.73. The average Bonchev–Trinajstić information content (AvgIpc) is 2.01. The molecule has 1 aromatic rings. The van der Waals surface area contributed by atoms with Crippen molar-refractivity contribution in [2.45, 2.75) is 34.1 Å². The van der Waals surface area contributed by atoms with Gasteiger partial charge in [-0.2, -0.15) is 0 Å². The molecule has 0 amide bonds. The van der Waals surface area contributed by atoms with Crippen LogP contribution in [0.4, 0.5) is 5.82 Å². The molecule has 0 atom stereocenters. The summed E-state index contributed by atoms with van der Waals surface area (Å²) in [5.74, 6) is 2.50. The number of nitrogens with one attached hydrogen (secondary N) is 1. The Bertz CT molecular complexity index is 274. The topological polar surface area (TPSA) is 37.8 Å². The molecule has 3 heteroatoms. The average molecular weight is 193 g/mol. The zero-order valence-corrected chi connectivity index (χ0v) is 9.46. The molecule has 1 rings (SSSR count). The molecule has 78 valence electrons. The number of hydrogen-bond donors (Lipinski definition) is 1. The fourth-order valence-electron chi connectivity index (χ4n) is 1.30. The van der Waals surface area contributed by atoms with Crippen molar-refractivity contribution in [3.63, 3.8) is 0 Å². The van der Waals surface area contributed by atoms with Gasteiger partial charge in [0.2, 0.25) is 0 Å². The summed E-state index contributed by atoms with van der Waals surface area (Å²) < 4.78 is 0. The van der Waals surface area contributed by atoms with E-state index in [2.05, 4.69) is 29.1 Å². The molecule has 1 N–H and O–H groups in total. The molecule has 0 radical (unpaired) electrons. The molecule has 0 aliphatic carbocycles. The van der Waals surface area contributed by atoms with Gasteiger partial charge < -0.3 is 5.32 Å². The summed E-state index contributed by atoms with van der Waals surface area (Å²) in [6, 6.07) is 1.98. The van der Waals surface area contributed by atoms with Crippen LogP contribution < -0.4 is 5.32 Å². The van der Waals surface area contributed by atoms with Crippen LogP contribution in [0, 0.1) is 19.8 Å². The lowest BCUT2D eigenvalue weighted by molar-refractivity contribution is 0.606. The van der Waals surface area contributed by atoms with Crippen LogP contribution in [0.5, 0.6) is 0 Å². The van der Waals surface area contributed by atoms with Gasteiger partial charge >= 0.3 is 0 Å². The summed E-state index contributed by atoms with van der Waals surface area (Å²) in [4.78, 5) is 8.53. The molecule has 0 saturated heterocycles. The van der Waals surface area contributed by atoms with Gasteiger partial charge in [0, 0.05) is 18.3 Å². The molecule has 0 fully saturated rings. The van der Waals surface area contributed by atoms with Gasteiger partial charge in [0.1, 0.15) is 11.6 Å². The Morgan fingerprint density at radius 3 is 2.57 bits per heavy atom. The van der Waals surface area contributed by atoms with E-state index in [-0.39, 0.29) is 0 Å². The highest BCUT2D eigenvalue weighted by Crippen LogP contribution is 2.06. The SMILES string of the molecule is Cc1cc(NCCC(C)C)nc(C)n1. The van der Waals surface area contributed by atoms with Crippen molar-refractivity contribution in [1.29, 1.82) is 0 Å². The van der Waals surface area contributed by atoms with E-state index in [1.807, 2.05) is 19.9 Å². The van der Waals surface area contributed by atoms with E-state index in [0.717, 1.165) is 29.8 Å². The van der Waals surface area contributed by atoms with Crippen molar-refractivity contribution in [3.05, 3.63) is 17.6 Å². The smallest absolute Gasteiger partial charge is 0.129 e. The first-order chi connectivity index (χ1) is 6.58. The second-order valence-corrected chi connectivity index (χ2v) is 4.05. The molecule has 0 aliphatic rings. The zero-order valence-electron chi connectivity index (χ0n) is 9.46. The van der Waals surface area contributed by atoms with E-state index < -0.39 is 0 Å². The molecular weight excluding hydrogens is 174 g/mol. The summed E-state index contributed by atoms with van der Waals surface area (Å²) in [5, 5.41) is 3.31. The van der Waals surface area contributed by atoms with Crippen molar-refractivity contribution in [1.82, 2.24) is 9.97 Å². The van der Waals surface area contributed by atoms with E-state index in [1.165, 1.54) is 6.42 Å². The number of anilines is 1. The molecule has 1 aromatic heterocycles. The number of aromatic nitrogens is 2. The molecule has 0 unspecified atom stereocenters. The predicted octanol–water partition coefficient (Wildman–Crippen LogP) is 2.55. The Morgan fingerprint density at radius 2 is 2.00 bits per heavy atom. The van der Waals surface area contributed by atoms with Gasteiger partial charge in [-0.25, -0.2) is 9.97 Å². The highest BCUT2D eigenvalue weighted by molar-refractivity contribution is 5.35. The minimum Gasteiger partial charge on any atom is -0.370 e. The molecule has 3 nitrogen and oxygen atoms in total. The Labute approximate surface area is 86.0 Å². The second kappa shape index (κ2) is 4.94. The van der Waals surface area contributed by atoms with Crippen LogP contribution in [0.1, 0.15) is 31.8 Å². The Balaban J connectivity index is 2.50. The Kier molecular flexibility index (Phi) is 3.86. The minimum absolute atomic E-state index is 0.728. The largest absolute Gasteiger partial charge is 0.370 e. The van der Waals surface area contributed by atoms with Crippen molar-refractivity contribution >= 4 is 5.82 Å². The fraction of sp³-hybridized carbons (Fsp3) is 0.636. The van der Waals surface area contributed by atoms with Crippen LogP contribution >= 0.6 is 0 Å². The van der Waals surface area contributed by atoms with Gasteiger partial charge in [0.25, 0.3) is 0 Å². The standard InChI is InChI=1S/C11H19N3/c1-8(2)5-6-12-11-7-9(3)13-10(4)14-11/h7-8H,5-6H2,1-4H3,(H,12,13,14). The van der Waals surface area contributed by atoms with Crippen molar-refractivity contribution in [2.24, 2.45) is 5.92 Å². The fourth-order valence-corrected chi connectivity index (χ4v) is 1.30. The Morgan fingerprint density at radius 1 is 1.29 bits per heavy atom. The molecule has 1 heterocycles. The first kappa shape index (κ1) is 11.0. The van der Waals surface area contributed by atoms with Gasteiger partial charge in [0.15, 0.2) is 0 Å². The van der Waals surface area contributed by atoms with Crippen molar-refractivity contribution in [2.75, 3.05) is 11.9 Å². The summed E-state index contributed by atoms with van der Waals surface area (Å²) in [6.45, 7) is 9.33. The lowest BCUT2D eigenvalue weighted by atomic mass is 10.1. The van der Waals surface area contributed by atoms with Gasteiger partial charge in [-0.05, 0) is 26.2 Å². The van der Waals surface area contributed by atoms with Crippen LogP contribution in [-0.4, -0.2) is 16.5 Å². The minimum atomic E-state index is 0.728. The van der Waals surface area contributed by atoms with E-state index in [4.69, 9.17) is 0 Å². The third-order valence-corrected chi connectivity index (χ3v) is 1.99. The predicted molar refractivity (Wildman–Crippen MR) is 59.5 cm³/mol. The molecule has 0 spiro atoms. The normalized spacial score (nSPS) is 10.6. The van der Waals surface area contributed by atoms with Gasteiger partial charge in [-0.3, -0.25) is 0 Å². The van der Waals surface area contributed by atoms with Crippen molar-refractivity contribution < 1.29 is 0 Å². The maximum atomic E-state index is 4.31. The van der Waals surface area contributed by atoms with Crippen LogP contribution in [0.2, 0.25) is 0 Å². The second-order valence-electron chi connectivity index (χ2n) is 4.05. The lowest BCUT2D eigenvalue weighted by Gasteiger charge is -2.08. The molecular formula is C11H19N3. The quantitative estimate of drug-likeness (QED) is 0.798. The summed E-state index contributed by atoms with van der Waals surface area (Å²) >= 11 is 0. The molecule has 0 aliphatic heterocycles. The van der Waals surface area contributed by atoms with Crippen LogP contribution in [0.3, 0.4) is 0 Å². The van der Waals surface area contributed by atoms with E-state index in [0.29, 0.717) is 0 Å². The van der Waals surface area contributed by atoms with E-state index in [9.17, 15) is 0 Å². The number of hydrogen-bond acceptors (Lipinski definition) is 3. The van der Waals surface area contributed by atoms with Gasteiger partial charge in [-0.15, -0.1) is 0 Å². The lowest BCUT2D eigenvalue weighted by Crippen LogP contribution is -2.07. The zero-order chi connectivity index (χ0) is 10.6. The van der Waals surface area contributed by atoms with Crippen LogP contribution in [0.15, 0.2) is 6.07 Å². The van der Waals surface area contributed by atoms with Crippen LogP contribution in [-0.2, 0) is 0 Å². The summed E-state index contributed by atoms with van der Waals surface area (Å²) in [6.07, 6.45) is 1.17. The highest BCUT2D eigenvalue weighted by Gasteiger charge is 1.98. The molecule has 0 saturated carbocycles. The van der Waals surface area contributed by atoms with Gasteiger partial charge in [0.05, 0.1) is 0 Å². The first-order valence-electron chi connectivity index (χ1n) is 5.14. The van der Waals surface area contributed by atoms with Gasteiger partial charge in [-0.1, -0.05) is 13.8 Å². The Hall–Kier alpha value is -1.12. The summed E-state index contributed by atoms with van der Waals surface area (Å²) in [5.41, 5.74) is 1.02. The molecule has 0 aromatic carbocycles. The first-order valence-corrected chi connectivity index (χ1v) is 5.14. The van der Waals surface area contributed by atoms with E-state index >= 15 is 0 Å². The third-order valence-electron chi connectivity index (χ3n) is 1.99. The highest BCUT2D eigenvalue weighted by atomic mass is 15.0. The van der Waals surface area contributed by atoms with E-state index in [1.54, 1.807) is 0 Å². The number of rotatable bonds is 4. The maximum Gasteiger partial charge on any atom is 0.129 e. The monoisotopic (exact) mass is 193 g/mol. The molecule has 0 bridgehead atoms. The van der Waals surface area contributed by atoms with Crippen molar-refractivity contribution in [3.8, 4) is 0 Å².